The Labute approximate surface area is 142 Å². The molecule has 0 unspecified atom stereocenters. The molecule has 1 saturated heterocycles. The summed E-state index contributed by atoms with van der Waals surface area (Å²) in [4.78, 5) is 38.4. The van der Waals surface area contributed by atoms with E-state index in [9.17, 15) is 14.4 Å². The van der Waals surface area contributed by atoms with Gasteiger partial charge in [0.15, 0.2) is 0 Å². The van der Waals surface area contributed by atoms with E-state index in [-0.39, 0.29) is 29.3 Å². The molecule has 1 amide bonds. The van der Waals surface area contributed by atoms with Gasteiger partial charge in [0.1, 0.15) is 5.60 Å². The largest absolute Gasteiger partial charge is 0.460 e. The number of piperidine rings is 1. The van der Waals surface area contributed by atoms with Gasteiger partial charge >= 0.3 is 5.97 Å². The molecule has 2 rings (SSSR count). The summed E-state index contributed by atoms with van der Waals surface area (Å²) >= 11 is 0. The van der Waals surface area contributed by atoms with Crippen LogP contribution in [0.5, 0.6) is 0 Å². The summed E-state index contributed by atoms with van der Waals surface area (Å²) in [6, 6.07) is 2.97. The molecule has 2 atom stereocenters. The Bertz CT molecular complexity index is 687. The van der Waals surface area contributed by atoms with Crippen molar-refractivity contribution in [2.45, 2.75) is 39.7 Å². The lowest BCUT2D eigenvalue weighted by Gasteiger charge is -2.36. The molecule has 0 saturated carbocycles. The number of pyridine rings is 1. The van der Waals surface area contributed by atoms with E-state index in [1.165, 1.54) is 10.6 Å². The van der Waals surface area contributed by atoms with E-state index in [4.69, 9.17) is 4.74 Å². The predicted molar refractivity (Wildman–Crippen MR) is 90.7 cm³/mol. The minimum absolute atomic E-state index is 0.201. The number of likely N-dealkylation sites (tertiary alicyclic amines) is 1. The lowest BCUT2D eigenvalue weighted by atomic mass is 9.90. The highest BCUT2D eigenvalue weighted by Gasteiger charge is 2.34. The molecule has 0 aromatic carbocycles. The molecule has 0 bridgehead atoms. The average Bonchev–Trinajstić information content (AvgIpc) is 2.47. The summed E-state index contributed by atoms with van der Waals surface area (Å²) in [6.45, 7) is 8.42. The van der Waals surface area contributed by atoms with Gasteiger partial charge in [0, 0.05) is 38.0 Å². The predicted octanol–water partition coefficient (Wildman–Crippen LogP) is 1.83. The number of carbonyl (C=O) groups is 2. The number of aryl methyl sites for hydroxylation is 1. The number of hydrogen-bond acceptors (Lipinski definition) is 4. The molecule has 2 heterocycles. The van der Waals surface area contributed by atoms with Crippen LogP contribution in [0.2, 0.25) is 0 Å². The van der Waals surface area contributed by atoms with Crippen LogP contribution in [0, 0.1) is 11.8 Å². The number of ether oxygens (including phenoxy) is 1. The van der Waals surface area contributed by atoms with E-state index in [1.807, 2.05) is 27.7 Å². The average molecular weight is 334 g/mol. The number of esters is 1. The van der Waals surface area contributed by atoms with E-state index >= 15 is 0 Å². The zero-order valence-electron chi connectivity index (χ0n) is 15.0. The maximum atomic E-state index is 12.7. The first-order chi connectivity index (χ1) is 11.1. The van der Waals surface area contributed by atoms with Crippen molar-refractivity contribution in [3.63, 3.8) is 0 Å². The molecular formula is C18H26N2O4. The summed E-state index contributed by atoms with van der Waals surface area (Å²) in [5, 5.41) is 0. The molecule has 0 aliphatic carbocycles. The summed E-state index contributed by atoms with van der Waals surface area (Å²) in [6.07, 6.45) is 2.28. The smallest absolute Gasteiger partial charge is 0.311 e. The molecule has 0 radical (unpaired) electrons. The van der Waals surface area contributed by atoms with Gasteiger partial charge in [-0.1, -0.05) is 6.92 Å². The zero-order chi connectivity index (χ0) is 18.1. The molecule has 24 heavy (non-hydrogen) atoms. The SMILES string of the molecule is C[C@H]1C[C@@H](C(=O)OC(C)(C)C)CN(C(=O)c2ccn(C)c(=O)c2)C1. The van der Waals surface area contributed by atoms with Crippen LogP contribution in [-0.2, 0) is 16.6 Å². The molecule has 0 N–H and O–H groups in total. The minimum atomic E-state index is -0.543. The van der Waals surface area contributed by atoms with Crippen LogP contribution in [0.3, 0.4) is 0 Å². The van der Waals surface area contributed by atoms with Gasteiger partial charge in [-0.3, -0.25) is 14.4 Å². The van der Waals surface area contributed by atoms with Crippen LogP contribution in [0.15, 0.2) is 23.1 Å². The second-order valence-electron chi connectivity index (χ2n) is 7.65. The highest BCUT2D eigenvalue weighted by Crippen LogP contribution is 2.25. The van der Waals surface area contributed by atoms with E-state index in [0.717, 1.165) is 0 Å². The van der Waals surface area contributed by atoms with Gasteiger partial charge < -0.3 is 14.2 Å². The number of amides is 1. The second kappa shape index (κ2) is 6.79. The third kappa shape index (κ3) is 4.46. The van der Waals surface area contributed by atoms with E-state index in [1.54, 1.807) is 24.2 Å². The van der Waals surface area contributed by atoms with Crippen LogP contribution in [0.4, 0.5) is 0 Å². The minimum Gasteiger partial charge on any atom is -0.460 e. The monoisotopic (exact) mass is 334 g/mol. The lowest BCUT2D eigenvalue weighted by Crippen LogP contribution is -2.47. The van der Waals surface area contributed by atoms with E-state index < -0.39 is 5.60 Å². The highest BCUT2D eigenvalue weighted by molar-refractivity contribution is 5.94. The van der Waals surface area contributed by atoms with Crippen molar-refractivity contribution in [3.8, 4) is 0 Å². The molecule has 1 aliphatic heterocycles. The zero-order valence-corrected chi connectivity index (χ0v) is 15.0. The van der Waals surface area contributed by atoms with Crippen molar-refractivity contribution in [3.05, 3.63) is 34.2 Å². The Hall–Kier alpha value is -2.11. The van der Waals surface area contributed by atoms with Crippen LogP contribution < -0.4 is 5.56 Å². The van der Waals surface area contributed by atoms with Gasteiger partial charge in [-0.25, -0.2) is 0 Å². The maximum Gasteiger partial charge on any atom is 0.311 e. The molecule has 0 spiro atoms. The Morgan fingerprint density at radius 1 is 1.25 bits per heavy atom. The van der Waals surface area contributed by atoms with Crippen molar-refractivity contribution in [1.29, 1.82) is 0 Å². The van der Waals surface area contributed by atoms with Crippen LogP contribution >= 0.6 is 0 Å². The van der Waals surface area contributed by atoms with Crippen LogP contribution in [0.1, 0.15) is 44.5 Å². The van der Waals surface area contributed by atoms with Crippen molar-refractivity contribution in [2.75, 3.05) is 13.1 Å². The maximum absolute atomic E-state index is 12.7. The summed E-state index contributed by atoms with van der Waals surface area (Å²) in [5.41, 5.74) is -0.414. The molecular weight excluding hydrogens is 308 g/mol. The summed E-state index contributed by atoms with van der Waals surface area (Å²) < 4.78 is 6.88. The fraction of sp³-hybridized carbons (Fsp3) is 0.611. The number of rotatable bonds is 2. The first-order valence-corrected chi connectivity index (χ1v) is 8.25. The van der Waals surface area contributed by atoms with Crippen molar-refractivity contribution < 1.29 is 14.3 Å². The standard InChI is InChI=1S/C18H26N2O4/c1-12-8-14(17(23)24-18(2,3)4)11-20(10-12)16(22)13-6-7-19(5)15(21)9-13/h6-7,9,12,14H,8,10-11H2,1-5H3/t12-,14+/m0/s1. The Kier molecular flexibility index (Phi) is 5.16. The third-order valence-electron chi connectivity index (χ3n) is 4.04. The third-order valence-corrected chi connectivity index (χ3v) is 4.04. The Balaban J connectivity index is 2.15. The van der Waals surface area contributed by atoms with E-state index in [0.29, 0.717) is 25.1 Å². The second-order valence-corrected chi connectivity index (χ2v) is 7.65. The topological polar surface area (TPSA) is 68.6 Å². The summed E-state index contributed by atoms with van der Waals surface area (Å²) in [7, 11) is 1.64. The molecule has 1 aliphatic rings. The first kappa shape index (κ1) is 18.2. The van der Waals surface area contributed by atoms with Gasteiger partial charge in [-0.15, -0.1) is 0 Å². The molecule has 132 valence electrons. The summed E-state index contributed by atoms with van der Waals surface area (Å²) in [5.74, 6) is -0.612. The normalized spacial score (nSPS) is 21.5. The highest BCUT2D eigenvalue weighted by atomic mass is 16.6. The van der Waals surface area contributed by atoms with Crippen LogP contribution in [-0.4, -0.2) is 40.0 Å². The van der Waals surface area contributed by atoms with Gasteiger partial charge in [0.25, 0.3) is 11.5 Å². The lowest BCUT2D eigenvalue weighted by molar-refractivity contribution is -0.162. The van der Waals surface area contributed by atoms with Gasteiger partial charge in [0.2, 0.25) is 0 Å². The van der Waals surface area contributed by atoms with Gasteiger partial charge in [-0.2, -0.15) is 0 Å². The number of carbonyl (C=O) groups excluding carboxylic acids is 2. The van der Waals surface area contributed by atoms with Crippen molar-refractivity contribution in [2.24, 2.45) is 18.9 Å². The quantitative estimate of drug-likeness (QED) is 0.774. The van der Waals surface area contributed by atoms with Crippen LogP contribution in [0.25, 0.3) is 0 Å². The fourth-order valence-electron chi connectivity index (χ4n) is 2.94. The molecule has 1 aromatic rings. The van der Waals surface area contributed by atoms with Gasteiger partial charge in [0.05, 0.1) is 5.92 Å². The first-order valence-electron chi connectivity index (χ1n) is 8.25. The van der Waals surface area contributed by atoms with Crippen molar-refractivity contribution >= 4 is 11.9 Å². The number of aromatic nitrogens is 1. The molecule has 1 aromatic heterocycles. The molecule has 6 nitrogen and oxygen atoms in total. The number of hydrogen-bond donors (Lipinski definition) is 0. The Morgan fingerprint density at radius 3 is 2.50 bits per heavy atom. The van der Waals surface area contributed by atoms with Crippen molar-refractivity contribution in [1.82, 2.24) is 9.47 Å². The van der Waals surface area contributed by atoms with E-state index in [2.05, 4.69) is 0 Å². The Morgan fingerprint density at radius 2 is 1.92 bits per heavy atom. The fourth-order valence-corrected chi connectivity index (χ4v) is 2.94. The van der Waals surface area contributed by atoms with Gasteiger partial charge in [-0.05, 0) is 39.2 Å². The molecule has 1 fully saturated rings. The molecule has 6 heteroatoms. The number of nitrogens with zero attached hydrogens (tertiary/aromatic N) is 2.